The molecule has 1 heterocycles. The molecule has 1 amide bonds. The monoisotopic (exact) mass is 274 g/mol. The van der Waals surface area contributed by atoms with Crippen LogP contribution < -0.4 is 5.32 Å². The Bertz CT molecular complexity index is 432. The molecule has 1 fully saturated rings. The van der Waals surface area contributed by atoms with Crippen molar-refractivity contribution in [3.8, 4) is 0 Å². The van der Waals surface area contributed by atoms with Gasteiger partial charge in [0.2, 0.25) is 5.91 Å². The molecule has 3 atom stereocenters. The molecule has 1 aromatic rings. The summed E-state index contributed by atoms with van der Waals surface area (Å²) < 4.78 is 0. The summed E-state index contributed by atoms with van der Waals surface area (Å²) in [6, 6.07) is 10.9. The molecule has 0 spiro atoms. The summed E-state index contributed by atoms with van der Waals surface area (Å²) in [5.74, 6) is 0.948. The first kappa shape index (κ1) is 15.0. The minimum Gasteiger partial charge on any atom is -0.339 e. The quantitative estimate of drug-likeness (QED) is 0.893. The number of likely N-dealkylation sites (tertiary alicyclic amines) is 1. The van der Waals surface area contributed by atoms with Crippen LogP contribution in [-0.4, -0.2) is 37.0 Å². The highest BCUT2D eigenvalue weighted by molar-refractivity contribution is 5.79. The minimum atomic E-state index is 0.0675. The number of hydrogen-bond acceptors (Lipinski definition) is 2. The summed E-state index contributed by atoms with van der Waals surface area (Å²) in [6.45, 7) is 5.87. The van der Waals surface area contributed by atoms with Crippen molar-refractivity contribution in [3.63, 3.8) is 0 Å². The van der Waals surface area contributed by atoms with Gasteiger partial charge in [-0.25, -0.2) is 0 Å². The lowest BCUT2D eigenvalue weighted by Crippen LogP contribution is -2.41. The van der Waals surface area contributed by atoms with Crippen LogP contribution in [0.4, 0.5) is 0 Å². The van der Waals surface area contributed by atoms with Crippen LogP contribution in [0.15, 0.2) is 30.3 Å². The van der Waals surface area contributed by atoms with Gasteiger partial charge < -0.3 is 10.2 Å². The highest BCUT2D eigenvalue weighted by Crippen LogP contribution is 2.28. The van der Waals surface area contributed by atoms with Crippen molar-refractivity contribution in [2.24, 2.45) is 11.8 Å². The van der Waals surface area contributed by atoms with Crippen LogP contribution >= 0.6 is 0 Å². The van der Waals surface area contributed by atoms with Crippen molar-refractivity contribution >= 4 is 5.91 Å². The first-order valence-corrected chi connectivity index (χ1v) is 7.62. The molecule has 1 aromatic carbocycles. The molecule has 1 aliphatic rings. The van der Waals surface area contributed by atoms with Gasteiger partial charge in [-0.3, -0.25) is 4.79 Å². The van der Waals surface area contributed by atoms with E-state index in [1.54, 1.807) is 0 Å². The van der Waals surface area contributed by atoms with Gasteiger partial charge >= 0.3 is 0 Å². The van der Waals surface area contributed by atoms with Gasteiger partial charge in [0, 0.05) is 25.0 Å². The molecular formula is C17H26N2O. The first-order valence-electron chi connectivity index (χ1n) is 7.62. The van der Waals surface area contributed by atoms with Crippen LogP contribution in [0.2, 0.25) is 0 Å². The number of nitrogens with zero attached hydrogens (tertiary/aromatic N) is 1. The number of rotatable bonds is 5. The Hall–Kier alpha value is -1.35. The topological polar surface area (TPSA) is 32.3 Å². The van der Waals surface area contributed by atoms with Gasteiger partial charge in [0.1, 0.15) is 0 Å². The highest BCUT2D eigenvalue weighted by Gasteiger charge is 2.35. The van der Waals surface area contributed by atoms with Crippen molar-refractivity contribution < 1.29 is 4.79 Å². The average Bonchev–Trinajstić information content (AvgIpc) is 2.81. The second-order valence-corrected chi connectivity index (χ2v) is 5.97. The molecule has 1 saturated heterocycles. The van der Waals surface area contributed by atoms with Crippen LogP contribution in [-0.2, 0) is 11.2 Å². The van der Waals surface area contributed by atoms with Crippen LogP contribution in [0.1, 0.15) is 25.8 Å². The molecule has 0 aromatic heterocycles. The number of amides is 1. The molecule has 1 aliphatic heterocycles. The molecule has 3 nitrogen and oxygen atoms in total. The lowest BCUT2D eigenvalue weighted by Gasteiger charge is -2.27. The molecule has 2 rings (SSSR count). The normalized spacial score (nSPS) is 23.9. The van der Waals surface area contributed by atoms with Crippen molar-refractivity contribution in [2.75, 3.05) is 20.1 Å². The van der Waals surface area contributed by atoms with E-state index >= 15 is 0 Å². The zero-order chi connectivity index (χ0) is 14.5. The number of nitrogens with one attached hydrogen (secondary N) is 1. The van der Waals surface area contributed by atoms with Crippen molar-refractivity contribution in [2.45, 2.75) is 32.7 Å². The Morgan fingerprint density at radius 1 is 1.40 bits per heavy atom. The summed E-state index contributed by atoms with van der Waals surface area (Å²) in [4.78, 5) is 14.5. The second-order valence-electron chi connectivity index (χ2n) is 5.97. The maximum Gasteiger partial charge on any atom is 0.226 e. The van der Waals surface area contributed by atoms with E-state index in [0.29, 0.717) is 17.9 Å². The largest absolute Gasteiger partial charge is 0.339 e. The predicted octanol–water partition coefficient (Wildman–Crippen LogP) is 2.32. The van der Waals surface area contributed by atoms with E-state index in [9.17, 15) is 4.79 Å². The molecule has 0 saturated carbocycles. The van der Waals surface area contributed by atoms with E-state index < -0.39 is 0 Å². The van der Waals surface area contributed by atoms with Gasteiger partial charge in [-0.1, -0.05) is 37.3 Å². The SMILES string of the molecule is CNCC(C)C(=O)N1CCC(Cc2ccccc2)C1C. The molecule has 1 N–H and O–H groups in total. The molecule has 3 unspecified atom stereocenters. The molecule has 0 bridgehead atoms. The van der Waals surface area contributed by atoms with Crippen molar-refractivity contribution in [3.05, 3.63) is 35.9 Å². The number of hydrogen-bond donors (Lipinski definition) is 1. The predicted molar refractivity (Wildman–Crippen MR) is 82.5 cm³/mol. The fraction of sp³-hybridized carbons (Fsp3) is 0.588. The van der Waals surface area contributed by atoms with Crippen LogP contribution in [0.3, 0.4) is 0 Å². The average molecular weight is 274 g/mol. The van der Waals surface area contributed by atoms with E-state index in [-0.39, 0.29) is 5.92 Å². The Morgan fingerprint density at radius 3 is 2.75 bits per heavy atom. The lowest BCUT2D eigenvalue weighted by atomic mass is 9.93. The smallest absolute Gasteiger partial charge is 0.226 e. The van der Waals surface area contributed by atoms with Crippen LogP contribution in [0.5, 0.6) is 0 Å². The van der Waals surface area contributed by atoms with E-state index in [0.717, 1.165) is 25.9 Å². The molecule has 3 heteroatoms. The third-order valence-corrected chi connectivity index (χ3v) is 4.47. The summed E-state index contributed by atoms with van der Waals surface area (Å²) >= 11 is 0. The summed E-state index contributed by atoms with van der Waals surface area (Å²) in [7, 11) is 1.90. The zero-order valence-corrected chi connectivity index (χ0v) is 12.8. The van der Waals surface area contributed by atoms with Gasteiger partial charge in [-0.15, -0.1) is 0 Å². The highest BCUT2D eigenvalue weighted by atomic mass is 16.2. The Balaban J connectivity index is 1.95. The Labute approximate surface area is 122 Å². The summed E-state index contributed by atoms with van der Waals surface area (Å²) in [5.41, 5.74) is 1.38. The van der Waals surface area contributed by atoms with Gasteiger partial charge in [-0.05, 0) is 38.3 Å². The molecule has 0 aliphatic carbocycles. The van der Waals surface area contributed by atoms with Crippen LogP contribution in [0.25, 0.3) is 0 Å². The van der Waals surface area contributed by atoms with E-state index in [1.807, 2.05) is 14.0 Å². The zero-order valence-electron chi connectivity index (χ0n) is 12.8. The number of benzene rings is 1. The van der Waals surface area contributed by atoms with Gasteiger partial charge in [-0.2, -0.15) is 0 Å². The van der Waals surface area contributed by atoms with Gasteiger partial charge in [0.25, 0.3) is 0 Å². The van der Waals surface area contributed by atoms with E-state index in [1.165, 1.54) is 5.56 Å². The van der Waals surface area contributed by atoms with Crippen molar-refractivity contribution in [1.82, 2.24) is 10.2 Å². The minimum absolute atomic E-state index is 0.0675. The number of carbonyl (C=O) groups excluding carboxylic acids is 1. The summed E-state index contributed by atoms with van der Waals surface area (Å²) in [6.07, 6.45) is 2.19. The van der Waals surface area contributed by atoms with E-state index in [2.05, 4.69) is 47.5 Å². The molecule has 0 radical (unpaired) electrons. The van der Waals surface area contributed by atoms with Gasteiger partial charge in [0.05, 0.1) is 0 Å². The maximum atomic E-state index is 12.4. The Kier molecular flexibility index (Phi) is 5.18. The third kappa shape index (κ3) is 3.40. The standard InChI is InChI=1S/C17H26N2O/c1-13(12-18-3)17(20)19-10-9-16(14(19)2)11-15-7-5-4-6-8-15/h4-8,13-14,16,18H,9-12H2,1-3H3. The van der Waals surface area contributed by atoms with Crippen LogP contribution in [0, 0.1) is 11.8 Å². The first-order chi connectivity index (χ1) is 9.63. The maximum absolute atomic E-state index is 12.4. The second kappa shape index (κ2) is 6.89. The summed E-state index contributed by atoms with van der Waals surface area (Å²) in [5, 5.41) is 3.09. The van der Waals surface area contributed by atoms with Crippen molar-refractivity contribution in [1.29, 1.82) is 0 Å². The molecule has 20 heavy (non-hydrogen) atoms. The lowest BCUT2D eigenvalue weighted by molar-refractivity contribution is -0.135. The fourth-order valence-electron chi connectivity index (χ4n) is 3.18. The fourth-order valence-corrected chi connectivity index (χ4v) is 3.18. The Morgan fingerprint density at radius 2 is 2.10 bits per heavy atom. The third-order valence-electron chi connectivity index (χ3n) is 4.47. The van der Waals surface area contributed by atoms with Gasteiger partial charge in [0.15, 0.2) is 0 Å². The molecule has 110 valence electrons. The number of carbonyl (C=O) groups is 1. The van der Waals surface area contributed by atoms with E-state index in [4.69, 9.17) is 0 Å². The molecular weight excluding hydrogens is 248 g/mol.